The maximum Gasteiger partial charge on any atom is 0.0589 e. The second-order valence-corrected chi connectivity index (χ2v) is 5.06. The largest absolute Gasteiger partial charge is 0.383 e. The zero-order valence-corrected chi connectivity index (χ0v) is 10.0. The van der Waals surface area contributed by atoms with Gasteiger partial charge in [0.1, 0.15) is 0 Å². The van der Waals surface area contributed by atoms with E-state index < -0.39 is 0 Å². The zero-order chi connectivity index (χ0) is 10.7. The summed E-state index contributed by atoms with van der Waals surface area (Å²) in [5.41, 5.74) is 0. The van der Waals surface area contributed by atoms with Crippen LogP contribution >= 0.6 is 0 Å². The van der Waals surface area contributed by atoms with E-state index in [0.29, 0.717) is 0 Å². The molecule has 0 aromatic heterocycles. The lowest BCUT2D eigenvalue weighted by atomic mass is 9.78. The first kappa shape index (κ1) is 11.4. The number of hydrogen-bond acceptors (Lipinski definition) is 3. The molecule has 2 fully saturated rings. The van der Waals surface area contributed by atoms with Gasteiger partial charge in [0, 0.05) is 25.7 Å². The molecule has 0 saturated heterocycles. The topological polar surface area (TPSA) is 24.5 Å². The van der Waals surface area contributed by atoms with Gasteiger partial charge in [-0.1, -0.05) is 0 Å². The summed E-state index contributed by atoms with van der Waals surface area (Å²) in [6.07, 6.45) is 5.58. The van der Waals surface area contributed by atoms with Crippen molar-refractivity contribution in [2.45, 2.75) is 37.8 Å². The van der Waals surface area contributed by atoms with Crippen molar-refractivity contribution in [3.05, 3.63) is 0 Å². The molecule has 0 aromatic carbocycles. The Labute approximate surface area is 93.2 Å². The molecule has 88 valence electrons. The van der Waals surface area contributed by atoms with E-state index in [4.69, 9.17) is 4.74 Å². The lowest BCUT2D eigenvalue weighted by molar-refractivity contribution is 0.0594. The fourth-order valence-electron chi connectivity index (χ4n) is 2.38. The van der Waals surface area contributed by atoms with Gasteiger partial charge in [-0.15, -0.1) is 0 Å². The smallest absolute Gasteiger partial charge is 0.0589 e. The second-order valence-electron chi connectivity index (χ2n) is 5.06. The molecular weight excluding hydrogens is 188 g/mol. The third-order valence-electron chi connectivity index (χ3n) is 3.84. The number of nitrogens with zero attached hydrogens (tertiary/aromatic N) is 1. The number of methoxy groups -OCH3 is 1. The van der Waals surface area contributed by atoms with Gasteiger partial charge in [-0.25, -0.2) is 0 Å². The molecule has 15 heavy (non-hydrogen) atoms. The number of ether oxygens (including phenoxy) is 1. The van der Waals surface area contributed by atoms with Gasteiger partial charge in [-0.2, -0.15) is 0 Å². The minimum absolute atomic E-state index is 0.798. The van der Waals surface area contributed by atoms with E-state index in [1.807, 2.05) is 0 Å². The monoisotopic (exact) mass is 212 g/mol. The third kappa shape index (κ3) is 3.16. The van der Waals surface area contributed by atoms with Crippen LogP contribution in [-0.2, 0) is 4.74 Å². The van der Waals surface area contributed by atoms with Crippen LogP contribution in [0.15, 0.2) is 0 Å². The van der Waals surface area contributed by atoms with Crippen molar-refractivity contribution in [1.82, 2.24) is 10.2 Å². The van der Waals surface area contributed by atoms with Crippen molar-refractivity contribution in [3.8, 4) is 0 Å². The van der Waals surface area contributed by atoms with Crippen molar-refractivity contribution in [3.63, 3.8) is 0 Å². The summed E-state index contributed by atoms with van der Waals surface area (Å²) in [6.45, 7) is 3.16. The Hall–Kier alpha value is -0.120. The number of hydrogen-bond donors (Lipinski definition) is 1. The number of likely N-dealkylation sites (N-methyl/N-ethyl adjacent to an activating group) is 1. The van der Waals surface area contributed by atoms with Crippen LogP contribution in [0.25, 0.3) is 0 Å². The molecule has 0 amide bonds. The van der Waals surface area contributed by atoms with Crippen LogP contribution in [0.5, 0.6) is 0 Å². The SMILES string of the molecule is COCCN(C)C1CCC1CNC1CC1. The van der Waals surface area contributed by atoms with Gasteiger partial charge in [0.2, 0.25) is 0 Å². The summed E-state index contributed by atoms with van der Waals surface area (Å²) in [6, 6.07) is 1.65. The van der Waals surface area contributed by atoms with E-state index in [0.717, 1.165) is 31.2 Å². The summed E-state index contributed by atoms with van der Waals surface area (Å²) < 4.78 is 5.12. The molecule has 2 saturated carbocycles. The highest BCUT2D eigenvalue weighted by atomic mass is 16.5. The van der Waals surface area contributed by atoms with Crippen molar-refractivity contribution in [2.75, 3.05) is 33.9 Å². The minimum atomic E-state index is 0.798. The molecule has 0 aliphatic heterocycles. The maximum absolute atomic E-state index is 5.12. The first-order valence-electron chi connectivity index (χ1n) is 6.24. The highest BCUT2D eigenvalue weighted by molar-refractivity contribution is 4.91. The Bertz CT molecular complexity index is 194. The molecule has 0 bridgehead atoms. The fraction of sp³-hybridized carbons (Fsp3) is 1.00. The van der Waals surface area contributed by atoms with Crippen molar-refractivity contribution < 1.29 is 4.74 Å². The molecule has 3 nitrogen and oxygen atoms in total. The van der Waals surface area contributed by atoms with Crippen LogP contribution in [0.2, 0.25) is 0 Å². The first-order valence-corrected chi connectivity index (χ1v) is 6.24. The Morgan fingerprint density at radius 3 is 2.60 bits per heavy atom. The Balaban J connectivity index is 1.63. The van der Waals surface area contributed by atoms with Gasteiger partial charge in [0.15, 0.2) is 0 Å². The van der Waals surface area contributed by atoms with Gasteiger partial charge in [0.25, 0.3) is 0 Å². The van der Waals surface area contributed by atoms with Crippen molar-refractivity contribution in [2.24, 2.45) is 5.92 Å². The molecule has 2 unspecified atom stereocenters. The van der Waals surface area contributed by atoms with Gasteiger partial charge in [0.05, 0.1) is 6.61 Å². The molecule has 0 aromatic rings. The standard InChI is InChI=1S/C12H24N2O/c1-14(7-8-15-2)12-6-3-10(12)9-13-11-4-5-11/h10-13H,3-9H2,1-2H3. The normalized spacial score (nSPS) is 30.6. The van der Waals surface area contributed by atoms with Crippen LogP contribution in [0.4, 0.5) is 0 Å². The van der Waals surface area contributed by atoms with Crippen molar-refractivity contribution in [1.29, 1.82) is 0 Å². The molecule has 2 atom stereocenters. The quantitative estimate of drug-likeness (QED) is 0.684. The zero-order valence-electron chi connectivity index (χ0n) is 10.0. The van der Waals surface area contributed by atoms with Crippen LogP contribution in [0.3, 0.4) is 0 Å². The Kier molecular flexibility index (Phi) is 4.00. The van der Waals surface area contributed by atoms with E-state index in [9.17, 15) is 0 Å². The highest BCUT2D eigenvalue weighted by Gasteiger charge is 2.34. The molecule has 0 spiro atoms. The molecule has 2 aliphatic rings. The van der Waals surface area contributed by atoms with E-state index in [2.05, 4.69) is 17.3 Å². The molecule has 2 aliphatic carbocycles. The van der Waals surface area contributed by atoms with E-state index in [-0.39, 0.29) is 0 Å². The molecule has 1 N–H and O–H groups in total. The van der Waals surface area contributed by atoms with Gasteiger partial charge in [-0.05, 0) is 45.2 Å². The second kappa shape index (κ2) is 5.28. The van der Waals surface area contributed by atoms with Gasteiger partial charge in [-0.3, -0.25) is 0 Å². The Morgan fingerprint density at radius 1 is 1.27 bits per heavy atom. The van der Waals surface area contributed by atoms with E-state index in [1.165, 1.54) is 32.2 Å². The summed E-state index contributed by atoms with van der Waals surface area (Å²) in [5.74, 6) is 0.882. The average Bonchev–Trinajstić information content (AvgIpc) is 2.97. The summed E-state index contributed by atoms with van der Waals surface area (Å²) in [5, 5.41) is 3.64. The summed E-state index contributed by atoms with van der Waals surface area (Å²) in [7, 11) is 4.01. The van der Waals surface area contributed by atoms with Crippen LogP contribution in [0.1, 0.15) is 25.7 Å². The molecule has 2 rings (SSSR count). The molecule has 3 heteroatoms. The lowest BCUT2D eigenvalue weighted by Crippen LogP contribution is -2.50. The number of rotatable bonds is 7. The average molecular weight is 212 g/mol. The third-order valence-corrected chi connectivity index (χ3v) is 3.84. The first-order chi connectivity index (χ1) is 7.31. The number of nitrogens with one attached hydrogen (secondary N) is 1. The van der Waals surface area contributed by atoms with Crippen molar-refractivity contribution >= 4 is 0 Å². The molecular formula is C12H24N2O. The molecule has 0 radical (unpaired) electrons. The van der Waals surface area contributed by atoms with Gasteiger partial charge < -0.3 is 15.0 Å². The van der Waals surface area contributed by atoms with Crippen LogP contribution in [-0.4, -0.2) is 50.8 Å². The lowest BCUT2D eigenvalue weighted by Gasteiger charge is -2.43. The minimum Gasteiger partial charge on any atom is -0.383 e. The fourth-order valence-corrected chi connectivity index (χ4v) is 2.38. The van der Waals surface area contributed by atoms with Crippen LogP contribution in [0, 0.1) is 5.92 Å². The van der Waals surface area contributed by atoms with Gasteiger partial charge >= 0.3 is 0 Å². The predicted molar refractivity (Wildman–Crippen MR) is 62.0 cm³/mol. The highest BCUT2D eigenvalue weighted by Crippen LogP contribution is 2.31. The summed E-state index contributed by atoms with van der Waals surface area (Å²) >= 11 is 0. The van der Waals surface area contributed by atoms with E-state index >= 15 is 0 Å². The van der Waals surface area contributed by atoms with Crippen LogP contribution < -0.4 is 5.32 Å². The van der Waals surface area contributed by atoms with E-state index in [1.54, 1.807) is 7.11 Å². The predicted octanol–water partition coefficient (Wildman–Crippen LogP) is 1.10. The summed E-state index contributed by atoms with van der Waals surface area (Å²) in [4.78, 5) is 2.46. The molecule has 0 heterocycles. The maximum atomic E-state index is 5.12. The Morgan fingerprint density at radius 2 is 2.07 bits per heavy atom.